The number of Topliss-reactive ketones (excluding diaryl/α,β-unsaturated/α-hetero) is 1. The van der Waals surface area contributed by atoms with Crippen molar-refractivity contribution in [3.8, 4) is 5.75 Å². The molecule has 1 aliphatic carbocycles. The summed E-state index contributed by atoms with van der Waals surface area (Å²) in [5, 5.41) is 0. The second-order valence-electron chi connectivity index (χ2n) is 7.33. The number of rotatable bonds is 2. The standard InChI is InChI=1S/C18H24O2/c1-17(2)12-20-15-8-7-13(11-14(15)17)16(19)18(3)9-5-4-6-10-18/h7-8,11H,4-6,9-10,12H2,1-3H3. The zero-order chi connectivity index (χ0) is 14.4. The molecule has 2 aliphatic rings. The number of ketones is 1. The molecule has 20 heavy (non-hydrogen) atoms. The van der Waals surface area contributed by atoms with E-state index in [9.17, 15) is 4.79 Å². The van der Waals surface area contributed by atoms with Crippen molar-refractivity contribution in [3.63, 3.8) is 0 Å². The summed E-state index contributed by atoms with van der Waals surface area (Å²) in [6.45, 7) is 7.20. The van der Waals surface area contributed by atoms with Crippen LogP contribution in [0.4, 0.5) is 0 Å². The average Bonchev–Trinajstić information content (AvgIpc) is 2.74. The molecule has 2 heteroatoms. The maximum atomic E-state index is 12.9. The monoisotopic (exact) mass is 272 g/mol. The molecule has 1 aromatic carbocycles. The summed E-state index contributed by atoms with van der Waals surface area (Å²) in [4.78, 5) is 12.9. The predicted octanol–water partition coefficient (Wildman–Crippen LogP) is 4.51. The van der Waals surface area contributed by atoms with E-state index >= 15 is 0 Å². The molecule has 1 heterocycles. The lowest BCUT2D eigenvalue weighted by molar-refractivity contribution is 0.0749. The van der Waals surface area contributed by atoms with E-state index in [0.29, 0.717) is 12.4 Å². The SMILES string of the molecule is CC1(C(=O)c2ccc3c(c2)C(C)(C)CO3)CCCCC1. The van der Waals surface area contributed by atoms with Gasteiger partial charge in [0.2, 0.25) is 0 Å². The molecule has 2 nitrogen and oxygen atoms in total. The van der Waals surface area contributed by atoms with Crippen LogP contribution in [0, 0.1) is 5.41 Å². The lowest BCUT2D eigenvalue weighted by atomic mass is 9.70. The Morgan fingerprint density at radius 3 is 2.50 bits per heavy atom. The molecule has 1 saturated carbocycles. The number of carbonyl (C=O) groups is 1. The van der Waals surface area contributed by atoms with Crippen molar-refractivity contribution < 1.29 is 9.53 Å². The summed E-state index contributed by atoms with van der Waals surface area (Å²) < 4.78 is 5.71. The van der Waals surface area contributed by atoms with E-state index in [1.54, 1.807) is 0 Å². The summed E-state index contributed by atoms with van der Waals surface area (Å²) in [6.07, 6.45) is 5.70. The lowest BCUT2D eigenvalue weighted by Gasteiger charge is -2.32. The molecule has 0 bridgehead atoms. The fraction of sp³-hybridized carbons (Fsp3) is 0.611. The molecule has 108 valence electrons. The summed E-state index contributed by atoms with van der Waals surface area (Å²) in [5.74, 6) is 1.27. The van der Waals surface area contributed by atoms with Crippen molar-refractivity contribution in [1.29, 1.82) is 0 Å². The van der Waals surface area contributed by atoms with Gasteiger partial charge in [-0.2, -0.15) is 0 Å². The minimum absolute atomic E-state index is 0.0130. The first-order valence-corrected chi connectivity index (χ1v) is 7.75. The first-order chi connectivity index (χ1) is 9.42. The largest absolute Gasteiger partial charge is 0.492 e. The van der Waals surface area contributed by atoms with Gasteiger partial charge in [0.15, 0.2) is 5.78 Å². The van der Waals surface area contributed by atoms with Gasteiger partial charge in [-0.15, -0.1) is 0 Å². The van der Waals surface area contributed by atoms with Gasteiger partial charge >= 0.3 is 0 Å². The highest BCUT2D eigenvalue weighted by atomic mass is 16.5. The minimum atomic E-state index is -0.157. The highest BCUT2D eigenvalue weighted by Crippen LogP contribution is 2.42. The van der Waals surface area contributed by atoms with E-state index < -0.39 is 0 Å². The molecule has 0 spiro atoms. The molecule has 3 rings (SSSR count). The molecule has 1 aliphatic heterocycles. The Morgan fingerprint density at radius 1 is 1.10 bits per heavy atom. The van der Waals surface area contributed by atoms with Crippen LogP contribution >= 0.6 is 0 Å². The van der Waals surface area contributed by atoms with Crippen LogP contribution in [-0.4, -0.2) is 12.4 Å². The van der Waals surface area contributed by atoms with Gasteiger partial charge in [0.05, 0.1) is 6.61 Å². The van der Waals surface area contributed by atoms with Crippen LogP contribution in [0.3, 0.4) is 0 Å². The Hall–Kier alpha value is -1.31. The van der Waals surface area contributed by atoms with E-state index in [-0.39, 0.29) is 10.8 Å². The van der Waals surface area contributed by atoms with Gasteiger partial charge in [-0.25, -0.2) is 0 Å². The first-order valence-electron chi connectivity index (χ1n) is 7.75. The predicted molar refractivity (Wildman–Crippen MR) is 80.5 cm³/mol. The quantitative estimate of drug-likeness (QED) is 0.740. The highest BCUT2D eigenvalue weighted by molar-refractivity contribution is 6.00. The minimum Gasteiger partial charge on any atom is -0.492 e. The molecule has 0 aromatic heterocycles. The average molecular weight is 272 g/mol. The summed E-state index contributed by atoms with van der Waals surface area (Å²) in [5.41, 5.74) is 1.91. The zero-order valence-corrected chi connectivity index (χ0v) is 12.8. The Morgan fingerprint density at radius 2 is 1.80 bits per heavy atom. The highest BCUT2D eigenvalue weighted by Gasteiger charge is 2.37. The number of benzene rings is 1. The van der Waals surface area contributed by atoms with Gasteiger partial charge in [0.25, 0.3) is 0 Å². The van der Waals surface area contributed by atoms with E-state index in [0.717, 1.165) is 24.2 Å². The fourth-order valence-corrected chi connectivity index (χ4v) is 3.57. The Kier molecular flexibility index (Phi) is 3.15. The van der Waals surface area contributed by atoms with Crippen LogP contribution in [-0.2, 0) is 5.41 Å². The first kappa shape index (κ1) is 13.7. The Bertz CT molecular complexity index is 536. The van der Waals surface area contributed by atoms with Gasteiger partial charge in [-0.3, -0.25) is 4.79 Å². The smallest absolute Gasteiger partial charge is 0.168 e. The van der Waals surface area contributed by atoms with Gasteiger partial charge in [-0.1, -0.05) is 40.0 Å². The maximum absolute atomic E-state index is 12.9. The summed E-state index contributed by atoms with van der Waals surface area (Å²) in [7, 11) is 0. The third kappa shape index (κ3) is 2.15. The summed E-state index contributed by atoms with van der Waals surface area (Å²) in [6, 6.07) is 6.00. The van der Waals surface area contributed by atoms with E-state index in [4.69, 9.17) is 4.74 Å². The molecular weight excluding hydrogens is 248 g/mol. The second kappa shape index (κ2) is 4.61. The Balaban J connectivity index is 1.93. The van der Waals surface area contributed by atoms with Crippen molar-refractivity contribution in [3.05, 3.63) is 29.3 Å². The van der Waals surface area contributed by atoms with Crippen LogP contribution < -0.4 is 4.74 Å². The molecule has 1 fully saturated rings. The molecule has 0 radical (unpaired) electrons. The van der Waals surface area contributed by atoms with Crippen molar-refractivity contribution >= 4 is 5.78 Å². The molecule has 0 unspecified atom stereocenters. The van der Waals surface area contributed by atoms with Crippen LogP contribution in [0.2, 0.25) is 0 Å². The number of fused-ring (bicyclic) bond motifs is 1. The van der Waals surface area contributed by atoms with Crippen molar-refractivity contribution in [2.24, 2.45) is 5.41 Å². The van der Waals surface area contributed by atoms with Crippen molar-refractivity contribution in [1.82, 2.24) is 0 Å². The topological polar surface area (TPSA) is 26.3 Å². The van der Waals surface area contributed by atoms with Gasteiger partial charge in [0.1, 0.15) is 5.75 Å². The van der Waals surface area contributed by atoms with E-state index in [2.05, 4.69) is 26.8 Å². The summed E-state index contributed by atoms with van der Waals surface area (Å²) >= 11 is 0. The molecule has 1 aromatic rings. The Labute approximate surface area is 121 Å². The lowest BCUT2D eigenvalue weighted by Crippen LogP contribution is -2.30. The molecule has 0 saturated heterocycles. The van der Waals surface area contributed by atoms with Crippen LogP contribution in [0.15, 0.2) is 18.2 Å². The normalized spacial score (nSPS) is 22.9. The molecule has 0 atom stereocenters. The van der Waals surface area contributed by atoms with Crippen LogP contribution in [0.5, 0.6) is 5.75 Å². The number of carbonyl (C=O) groups excluding carboxylic acids is 1. The molecule has 0 N–H and O–H groups in total. The number of hydrogen-bond donors (Lipinski definition) is 0. The number of ether oxygens (including phenoxy) is 1. The number of hydrogen-bond acceptors (Lipinski definition) is 2. The fourth-order valence-electron chi connectivity index (χ4n) is 3.57. The van der Waals surface area contributed by atoms with Gasteiger partial charge < -0.3 is 4.74 Å². The third-order valence-corrected chi connectivity index (χ3v) is 5.06. The maximum Gasteiger partial charge on any atom is 0.168 e. The van der Waals surface area contributed by atoms with Crippen LogP contribution in [0.1, 0.15) is 68.8 Å². The van der Waals surface area contributed by atoms with Crippen molar-refractivity contribution in [2.45, 2.75) is 58.3 Å². The zero-order valence-electron chi connectivity index (χ0n) is 12.8. The van der Waals surface area contributed by atoms with Gasteiger partial charge in [-0.05, 0) is 31.0 Å². The molecule has 0 amide bonds. The van der Waals surface area contributed by atoms with Gasteiger partial charge in [0, 0.05) is 22.0 Å². The van der Waals surface area contributed by atoms with E-state index in [1.165, 1.54) is 24.8 Å². The van der Waals surface area contributed by atoms with E-state index in [1.807, 2.05) is 12.1 Å². The van der Waals surface area contributed by atoms with Crippen molar-refractivity contribution in [2.75, 3.05) is 6.61 Å². The van der Waals surface area contributed by atoms with Crippen LogP contribution in [0.25, 0.3) is 0 Å². The third-order valence-electron chi connectivity index (χ3n) is 5.06. The second-order valence-corrected chi connectivity index (χ2v) is 7.33. The molecular formula is C18H24O2.